The Morgan fingerprint density at radius 2 is 2.23 bits per heavy atom. The molecule has 0 N–H and O–H groups in total. The maximum atomic E-state index is 12.4. The molecule has 0 aromatic carbocycles. The van der Waals surface area contributed by atoms with Crippen molar-refractivity contribution >= 4 is 5.91 Å². The first-order chi connectivity index (χ1) is 6.09. The van der Waals surface area contributed by atoms with E-state index in [1.807, 2.05) is 6.08 Å². The predicted molar refractivity (Wildman–Crippen MR) is 50.1 cm³/mol. The molecule has 1 amide bonds. The molecule has 0 spiro atoms. The maximum Gasteiger partial charge on any atom is 0.246 e. The number of amides is 1. The molecule has 0 bridgehead atoms. The molecule has 1 saturated heterocycles. The van der Waals surface area contributed by atoms with Crippen molar-refractivity contribution in [3.63, 3.8) is 0 Å². The summed E-state index contributed by atoms with van der Waals surface area (Å²) >= 11 is 0. The third kappa shape index (κ3) is 3.17. The largest absolute Gasteiger partial charge is 0.333 e. The van der Waals surface area contributed by atoms with E-state index < -0.39 is 6.17 Å². The lowest BCUT2D eigenvalue weighted by molar-refractivity contribution is -0.132. The molecule has 0 aliphatic carbocycles. The summed E-state index contributed by atoms with van der Waals surface area (Å²) in [6.07, 6.45) is 3.51. The Morgan fingerprint density at radius 3 is 2.69 bits per heavy atom. The zero-order valence-electron chi connectivity index (χ0n) is 8.16. The van der Waals surface area contributed by atoms with Crippen LogP contribution in [0.4, 0.5) is 4.39 Å². The maximum absolute atomic E-state index is 12.4. The molecule has 1 heterocycles. The summed E-state index contributed by atoms with van der Waals surface area (Å²) in [6, 6.07) is 0. The van der Waals surface area contributed by atoms with Gasteiger partial charge in [0.05, 0.1) is 13.1 Å². The Morgan fingerprint density at radius 1 is 1.62 bits per heavy atom. The van der Waals surface area contributed by atoms with E-state index in [1.165, 1.54) is 4.90 Å². The highest BCUT2D eigenvalue weighted by Crippen LogP contribution is 2.11. The Labute approximate surface area is 78.4 Å². The van der Waals surface area contributed by atoms with Crippen molar-refractivity contribution in [2.75, 3.05) is 13.1 Å². The first-order valence-electron chi connectivity index (χ1n) is 4.69. The van der Waals surface area contributed by atoms with Crippen LogP contribution in [0.1, 0.15) is 20.3 Å². The second kappa shape index (κ2) is 4.40. The highest BCUT2D eigenvalue weighted by molar-refractivity contribution is 5.88. The number of alkyl halides is 1. The zero-order valence-corrected chi connectivity index (χ0v) is 8.16. The Balaban J connectivity index is 2.21. The van der Waals surface area contributed by atoms with E-state index in [4.69, 9.17) is 0 Å². The SMILES string of the molecule is CC(C)C/C=C\C(=O)N1CC(F)C1. The molecule has 0 radical (unpaired) electrons. The number of allylic oxidation sites excluding steroid dienone is 1. The molecule has 1 rings (SSSR count). The molecule has 1 aliphatic rings. The summed E-state index contributed by atoms with van der Waals surface area (Å²) in [6.45, 7) is 4.72. The van der Waals surface area contributed by atoms with Gasteiger partial charge in [-0.25, -0.2) is 4.39 Å². The number of hydrogen-bond donors (Lipinski definition) is 0. The number of rotatable bonds is 3. The minimum Gasteiger partial charge on any atom is -0.333 e. The summed E-state index contributed by atoms with van der Waals surface area (Å²) in [5.74, 6) is 0.504. The minimum atomic E-state index is -0.803. The fraction of sp³-hybridized carbons (Fsp3) is 0.700. The Kier molecular flexibility index (Phi) is 3.46. The van der Waals surface area contributed by atoms with Gasteiger partial charge >= 0.3 is 0 Å². The second-order valence-electron chi connectivity index (χ2n) is 3.87. The van der Waals surface area contributed by atoms with Gasteiger partial charge in [-0.1, -0.05) is 19.9 Å². The van der Waals surface area contributed by atoms with Gasteiger partial charge in [-0.05, 0) is 18.4 Å². The monoisotopic (exact) mass is 185 g/mol. The van der Waals surface area contributed by atoms with Crippen LogP contribution in [-0.4, -0.2) is 30.1 Å². The molecule has 13 heavy (non-hydrogen) atoms. The fourth-order valence-corrected chi connectivity index (χ4v) is 1.15. The van der Waals surface area contributed by atoms with E-state index in [9.17, 15) is 9.18 Å². The van der Waals surface area contributed by atoms with E-state index >= 15 is 0 Å². The molecule has 1 fully saturated rings. The lowest BCUT2D eigenvalue weighted by Gasteiger charge is -2.33. The van der Waals surface area contributed by atoms with Gasteiger partial charge in [0.25, 0.3) is 0 Å². The highest BCUT2D eigenvalue weighted by atomic mass is 19.1. The highest BCUT2D eigenvalue weighted by Gasteiger charge is 2.28. The van der Waals surface area contributed by atoms with Crippen molar-refractivity contribution in [1.82, 2.24) is 4.90 Å². The van der Waals surface area contributed by atoms with Crippen LogP contribution in [0.25, 0.3) is 0 Å². The van der Waals surface area contributed by atoms with E-state index in [0.717, 1.165) is 6.42 Å². The van der Waals surface area contributed by atoms with Gasteiger partial charge in [0.15, 0.2) is 0 Å². The van der Waals surface area contributed by atoms with E-state index in [0.29, 0.717) is 5.92 Å². The van der Waals surface area contributed by atoms with E-state index in [1.54, 1.807) is 6.08 Å². The number of halogens is 1. The average molecular weight is 185 g/mol. The van der Waals surface area contributed by atoms with Crippen molar-refractivity contribution < 1.29 is 9.18 Å². The van der Waals surface area contributed by atoms with Gasteiger partial charge < -0.3 is 4.90 Å². The van der Waals surface area contributed by atoms with Crippen molar-refractivity contribution in [3.8, 4) is 0 Å². The van der Waals surface area contributed by atoms with E-state index in [2.05, 4.69) is 13.8 Å². The van der Waals surface area contributed by atoms with Crippen LogP contribution in [0, 0.1) is 5.92 Å². The number of likely N-dealkylation sites (tertiary alicyclic amines) is 1. The molecule has 2 nitrogen and oxygen atoms in total. The van der Waals surface area contributed by atoms with Crippen molar-refractivity contribution in [2.24, 2.45) is 5.92 Å². The van der Waals surface area contributed by atoms with Crippen molar-refractivity contribution in [1.29, 1.82) is 0 Å². The standard InChI is InChI=1S/C10H16FNO/c1-8(2)4-3-5-10(13)12-6-9(11)7-12/h3,5,8-9H,4,6-7H2,1-2H3/b5-3-. The number of hydrogen-bond acceptors (Lipinski definition) is 1. The van der Waals surface area contributed by atoms with Crippen LogP contribution in [0.3, 0.4) is 0 Å². The number of carbonyl (C=O) groups excluding carboxylic acids is 1. The first kappa shape index (κ1) is 10.2. The smallest absolute Gasteiger partial charge is 0.246 e. The molecule has 0 saturated carbocycles. The van der Waals surface area contributed by atoms with Gasteiger partial charge in [-0.3, -0.25) is 4.79 Å². The third-order valence-electron chi connectivity index (χ3n) is 2.02. The summed E-state index contributed by atoms with van der Waals surface area (Å²) in [5.41, 5.74) is 0. The molecule has 0 unspecified atom stereocenters. The van der Waals surface area contributed by atoms with Crippen LogP contribution in [-0.2, 0) is 4.79 Å². The molecule has 0 atom stereocenters. The zero-order chi connectivity index (χ0) is 9.84. The van der Waals surface area contributed by atoms with Crippen molar-refractivity contribution in [3.05, 3.63) is 12.2 Å². The first-order valence-corrected chi connectivity index (χ1v) is 4.69. The van der Waals surface area contributed by atoms with E-state index in [-0.39, 0.29) is 19.0 Å². The van der Waals surface area contributed by atoms with Crippen LogP contribution in [0.15, 0.2) is 12.2 Å². The van der Waals surface area contributed by atoms with Crippen LogP contribution in [0.2, 0.25) is 0 Å². The molecule has 0 aromatic rings. The fourth-order valence-electron chi connectivity index (χ4n) is 1.15. The quantitative estimate of drug-likeness (QED) is 0.614. The Bertz CT molecular complexity index is 207. The lowest BCUT2D eigenvalue weighted by Crippen LogP contribution is -2.50. The lowest BCUT2D eigenvalue weighted by atomic mass is 10.1. The topological polar surface area (TPSA) is 20.3 Å². The molecular weight excluding hydrogens is 169 g/mol. The average Bonchev–Trinajstić information content (AvgIpc) is 1.97. The molecule has 1 aliphatic heterocycles. The number of nitrogens with zero attached hydrogens (tertiary/aromatic N) is 1. The number of carbonyl (C=O) groups is 1. The molecule has 3 heteroatoms. The minimum absolute atomic E-state index is 0.0606. The summed E-state index contributed by atoms with van der Waals surface area (Å²) in [7, 11) is 0. The second-order valence-corrected chi connectivity index (χ2v) is 3.87. The normalized spacial score (nSPS) is 18.3. The van der Waals surface area contributed by atoms with Crippen LogP contribution < -0.4 is 0 Å². The van der Waals surface area contributed by atoms with Crippen LogP contribution >= 0.6 is 0 Å². The van der Waals surface area contributed by atoms with Crippen molar-refractivity contribution in [2.45, 2.75) is 26.4 Å². The third-order valence-corrected chi connectivity index (χ3v) is 2.02. The van der Waals surface area contributed by atoms with Gasteiger partial charge in [0.1, 0.15) is 6.17 Å². The predicted octanol–water partition coefficient (Wildman–Crippen LogP) is 1.77. The van der Waals surface area contributed by atoms with Gasteiger partial charge in [0, 0.05) is 0 Å². The summed E-state index contributed by atoms with van der Waals surface area (Å²) in [4.78, 5) is 12.7. The molecular formula is C10H16FNO. The van der Waals surface area contributed by atoms with Gasteiger partial charge in [-0.2, -0.15) is 0 Å². The summed E-state index contributed by atoms with van der Waals surface area (Å²) in [5, 5.41) is 0. The Hall–Kier alpha value is -0.860. The van der Waals surface area contributed by atoms with Gasteiger partial charge in [0.2, 0.25) is 5.91 Å². The summed E-state index contributed by atoms with van der Waals surface area (Å²) < 4.78 is 12.4. The van der Waals surface area contributed by atoms with Gasteiger partial charge in [-0.15, -0.1) is 0 Å². The molecule has 0 aromatic heterocycles. The molecule has 74 valence electrons. The van der Waals surface area contributed by atoms with Crippen LogP contribution in [0.5, 0.6) is 0 Å².